The van der Waals surface area contributed by atoms with Gasteiger partial charge in [0.05, 0.1) is 26.4 Å². The maximum Gasteiger partial charge on any atom is 0.343 e. The van der Waals surface area contributed by atoms with Crippen LogP contribution < -0.4 is 14.2 Å². The van der Waals surface area contributed by atoms with E-state index in [4.69, 9.17) is 18.9 Å². The molecule has 0 bridgehead atoms. The fraction of sp³-hybridized carbons (Fsp3) is 0.190. The monoisotopic (exact) mass is 352 g/mol. The molecule has 0 aromatic heterocycles. The van der Waals surface area contributed by atoms with Gasteiger partial charge in [0.25, 0.3) is 0 Å². The molecule has 0 N–H and O–H groups in total. The Morgan fingerprint density at radius 1 is 1.00 bits per heavy atom. The molecule has 0 atom stereocenters. The molecular weight excluding hydrogens is 332 g/mol. The average Bonchev–Trinajstić information content (AvgIpc) is 3.03. The third-order valence-corrected chi connectivity index (χ3v) is 3.92. The van der Waals surface area contributed by atoms with Crippen LogP contribution in [-0.4, -0.2) is 26.8 Å². The first-order valence-electron chi connectivity index (χ1n) is 8.25. The summed E-state index contributed by atoms with van der Waals surface area (Å²) in [6.07, 6.45) is 3.45. The Kier molecular flexibility index (Phi) is 5.27. The molecule has 1 heterocycles. The van der Waals surface area contributed by atoms with Gasteiger partial charge in [0.15, 0.2) is 0 Å². The zero-order valence-electron chi connectivity index (χ0n) is 14.9. The Morgan fingerprint density at radius 3 is 2.38 bits per heavy atom. The Balaban J connectivity index is 1.91. The molecule has 0 saturated heterocycles. The van der Waals surface area contributed by atoms with Crippen molar-refractivity contribution in [2.24, 2.45) is 0 Å². The van der Waals surface area contributed by atoms with Gasteiger partial charge in [0.2, 0.25) is 0 Å². The third-order valence-electron chi connectivity index (χ3n) is 3.92. The largest absolute Gasteiger partial charge is 0.497 e. The maximum atomic E-state index is 12.2. The van der Waals surface area contributed by atoms with E-state index in [2.05, 4.69) is 0 Å². The molecule has 134 valence electrons. The van der Waals surface area contributed by atoms with Crippen molar-refractivity contribution in [1.82, 2.24) is 0 Å². The molecular formula is C21H20O5. The molecule has 5 nitrogen and oxygen atoms in total. The number of carbonyl (C=O) groups excluding carboxylic acids is 1. The fourth-order valence-corrected chi connectivity index (χ4v) is 2.63. The van der Waals surface area contributed by atoms with Gasteiger partial charge in [-0.2, -0.15) is 0 Å². The Hall–Kier alpha value is -3.21. The van der Waals surface area contributed by atoms with E-state index in [-0.39, 0.29) is 0 Å². The van der Waals surface area contributed by atoms with Crippen LogP contribution in [0.1, 0.15) is 18.1 Å². The van der Waals surface area contributed by atoms with Gasteiger partial charge < -0.3 is 18.9 Å². The van der Waals surface area contributed by atoms with Crippen LogP contribution in [0.2, 0.25) is 0 Å². The van der Waals surface area contributed by atoms with E-state index < -0.39 is 5.97 Å². The van der Waals surface area contributed by atoms with Crippen LogP contribution in [0.4, 0.5) is 0 Å². The molecule has 0 radical (unpaired) electrons. The SMILES string of the molecule is CCOc1ccc(C2=C/C(=C/c3cc(OC)ccc3OC)C(=O)O2)cc1. The van der Waals surface area contributed by atoms with Crippen molar-refractivity contribution < 1.29 is 23.7 Å². The number of rotatable bonds is 6. The van der Waals surface area contributed by atoms with Crippen LogP contribution >= 0.6 is 0 Å². The normalized spacial score (nSPS) is 14.8. The Bertz CT molecular complexity index is 862. The fourth-order valence-electron chi connectivity index (χ4n) is 2.63. The number of hydrogen-bond acceptors (Lipinski definition) is 5. The summed E-state index contributed by atoms with van der Waals surface area (Å²) in [5, 5.41) is 0. The highest BCUT2D eigenvalue weighted by Gasteiger charge is 2.22. The molecule has 0 fully saturated rings. The lowest BCUT2D eigenvalue weighted by molar-refractivity contribution is -0.130. The standard InChI is InChI=1S/C21H20O5/c1-4-25-17-7-5-14(6-8-17)20-13-16(21(22)26-20)11-15-12-18(23-2)9-10-19(15)24-3/h5-13H,4H2,1-3H3/b16-11-. The second kappa shape index (κ2) is 7.78. The zero-order chi connectivity index (χ0) is 18.5. The molecule has 1 aliphatic rings. The Labute approximate surface area is 152 Å². The van der Waals surface area contributed by atoms with Crippen molar-refractivity contribution in [2.75, 3.05) is 20.8 Å². The summed E-state index contributed by atoms with van der Waals surface area (Å²) < 4.78 is 21.4. The van der Waals surface area contributed by atoms with Crippen LogP contribution in [-0.2, 0) is 9.53 Å². The lowest BCUT2D eigenvalue weighted by atomic mass is 10.1. The summed E-state index contributed by atoms with van der Waals surface area (Å²) >= 11 is 0. The number of esters is 1. The third kappa shape index (κ3) is 3.72. The predicted octanol–water partition coefficient (Wildman–Crippen LogP) is 4.08. The van der Waals surface area contributed by atoms with Crippen molar-refractivity contribution >= 4 is 17.8 Å². The van der Waals surface area contributed by atoms with Gasteiger partial charge in [-0.25, -0.2) is 4.79 Å². The van der Waals surface area contributed by atoms with Gasteiger partial charge in [-0.1, -0.05) is 0 Å². The van der Waals surface area contributed by atoms with Gasteiger partial charge in [-0.15, -0.1) is 0 Å². The van der Waals surface area contributed by atoms with Gasteiger partial charge in [0, 0.05) is 11.1 Å². The highest BCUT2D eigenvalue weighted by Crippen LogP contribution is 2.31. The van der Waals surface area contributed by atoms with Crippen molar-refractivity contribution in [3.8, 4) is 17.2 Å². The van der Waals surface area contributed by atoms with Crippen LogP contribution in [0, 0.1) is 0 Å². The molecule has 0 unspecified atom stereocenters. The highest BCUT2D eigenvalue weighted by atomic mass is 16.5. The number of benzene rings is 2. The molecule has 5 heteroatoms. The maximum absolute atomic E-state index is 12.2. The average molecular weight is 352 g/mol. The molecule has 0 spiro atoms. The van der Waals surface area contributed by atoms with Crippen molar-refractivity contribution in [3.63, 3.8) is 0 Å². The molecule has 0 amide bonds. The predicted molar refractivity (Wildman–Crippen MR) is 99.2 cm³/mol. The summed E-state index contributed by atoms with van der Waals surface area (Å²) in [4.78, 5) is 12.2. The first kappa shape index (κ1) is 17.6. The van der Waals surface area contributed by atoms with E-state index in [1.807, 2.05) is 37.3 Å². The van der Waals surface area contributed by atoms with Gasteiger partial charge in [0.1, 0.15) is 23.0 Å². The van der Waals surface area contributed by atoms with E-state index in [9.17, 15) is 4.79 Å². The minimum Gasteiger partial charge on any atom is -0.497 e. The van der Waals surface area contributed by atoms with E-state index in [0.29, 0.717) is 29.4 Å². The second-order valence-electron chi connectivity index (χ2n) is 5.56. The molecule has 1 aliphatic heterocycles. The molecule has 0 saturated carbocycles. The zero-order valence-corrected chi connectivity index (χ0v) is 14.9. The molecule has 2 aromatic carbocycles. The van der Waals surface area contributed by atoms with E-state index in [1.165, 1.54) is 0 Å². The quantitative estimate of drug-likeness (QED) is 0.579. The second-order valence-corrected chi connectivity index (χ2v) is 5.56. The minimum absolute atomic E-state index is 0.404. The smallest absolute Gasteiger partial charge is 0.343 e. The number of hydrogen-bond donors (Lipinski definition) is 0. The molecule has 0 aliphatic carbocycles. The van der Waals surface area contributed by atoms with Crippen molar-refractivity contribution in [1.29, 1.82) is 0 Å². The first-order valence-corrected chi connectivity index (χ1v) is 8.25. The number of carbonyl (C=O) groups is 1. The van der Waals surface area contributed by atoms with Crippen LogP contribution in [0.3, 0.4) is 0 Å². The minimum atomic E-state index is -0.404. The summed E-state index contributed by atoms with van der Waals surface area (Å²) in [7, 11) is 3.17. The number of methoxy groups -OCH3 is 2. The van der Waals surface area contributed by atoms with Crippen molar-refractivity contribution in [3.05, 3.63) is 65.2 Å². The first-order chi connectivity index (χ1) is 12.6. The summed E-state index contributed by atoms with van der Waals surface area (Å²) in [5.74, 6) is 2.21. The molecule has 2 aromatic rings. The highest BCUT2D eigenvalue weighted by molar-refractivity contribution is 6.05. The summed E-state index contributed by atoms with van der Waals surface area (Å²) in [6.45, 7) is 2.53. The summed E-state index contributed by atoms with van der Waals surface area (Å²) in [5.41, 5.74) is 1.99. The molecule has 26 heavy (non-hydrogen) atoms. The van der Waals surface area contributed by atoms with E-state index in [1.54, 1.807) is 38.5 Å². The lowest BCUT2D eigenvalue weighted by Crippen LogP contribution is -1.98. The molecule has 3 rings (SSSR count). The van der Waals surface area contributed by atoms with Crippen LogP contribution in [0.25, 0.3) is 11.8 Å². The van der Waals surface area contributed by atoms with Crippen LogP contribution in [0.15, 0.2) is 54.1 Å². The van der Waals surface area contributed by atoms with Gasteiger partial charge in [-0.05, 0) is 61.5 Å². The number of cyclic esters (lactones) is 1. The van der Waals surface area contributed by atoms with E-state index >= 15 is 0 Å². The van der Waals surface area contributed by atoms with Crippen LogP contribution in [0.5, 0.6) is 17.2 Å². The van der Waals surface area contributed by atoms with Gasteiger partial charge in [-0.3, -0.25) is 0 Å². The topological polar surface area (TPSA) is 54.0 Å². The Morgan fingerprint density at radius 2 is 1.73 bits per heavy atom. The van der Waals surface area contributed by atoms with E-state index in [0.717, 1.165) is 16.9 Å². The number of ether oxygens (including phenoxy) is 4. The van der Waals surface area contributed by atoms with Gasteiger partial charge >= 0.3 is 5.97 Å². The lowest BCUT2D eigenvalue weighted by Gasteiger charge is -2.07. The summed E-state index contributed by atoms with van der Waals surface area (Å²) in [6, 6.07) is 12.8. The van der Waals surface area contributed by atoms with Crippen molar-refractivity contribution in [2.45, 2.75) is 6.92 Å².